The SMILES string of the molecule is Cc1cc(C(=O)C2CCc3cc(-c4ccccc4S(N)(=O)=O)ccc32)n(-c2ccc3cc(Br)ccc3c2)n1. The Kier molecular flexibility index (Phi) is 6.06. The highest BCUT2D eigenvalue weighted by atomic mass is 79.9. The van der Waals surface area contributed by atoms with E-state index in [1.807, 2.05) is 61.5 Å². The van der Waals surface area contributed by atoms with Crippen LogP contribution in [0.25, 0.3) is 27.6 Å². The average Bonchev–Trinajstić information content (AvgIpc) is 3.50. The third-order valence-corrected chi connectivity index (χ3v) is 8.62. The van der Waals surface area contributed by atoms with E-state index in [2.05, 4.69) is 27.1 Å². The standard InChI is InChI=1S/C30H24BrN3O3S/c1-18-14-28(34(33-18)24-11-7-19-16-23(31)10-6-20(19)17-24)30(35)27-13-9-21-15-22(8-12-25(21)27)26-4-2-3-5-29(26)38(32,36)37/h2-8,10-12,14-17,27H,9,13H2,1H3,(H2,32,36,37). The van der Waals surface area contributed by atoms with Crippen LogP contribution in [0.2, 0.25) is 0 Å². The fourth-order valence-corrected chi connectivity index (χ4v) is 6.54. The second kappa shape index (κ2) is 9.31. The summed E-state index contributed by atoms with van der Waals surface area (Å²) in [7, 11) is -3.87. The number of hydrogen-bond acceptors (Lipinski definition) is 4. The van der Waals surface area contributed by atoms with Gasteiger partial charge in [-0.25, -0.2) is 18.2 Å². The van der Waals surface area contributed by atoms with Crippen molar-refractivity contribution in [1.82, 2.24) is 9.78 Å². The number of carbonyl (C=O) groups excluding carboxylic acids is 1. The van der Waals surface area contributed by atoms with E-state index in [9.17, 15) is 13.2 Å². The monoisotopic (exact) mass is 585 g/mol. The minimum atomic E-state index is -3.87. The summed E-state index contributed by atoms with van der Waals surface area (Å²) in [6, 6.07) is 26.5. The number of fused-ring (bicyclic) bond motifs is 2. The Balaban J connectivity index is 1.36. The molecule has 1 heterocycles. The van der Waals surface area contributed by atoms with Gasteiger partial charge in [0.1, 0.15) is 5.69 Å². The lowest BCUT2D eigenvalue weighted by Crippen LogP contribution is -2.15. The molecule has 5 aromatic rings. The number of aryl methyl sites for hydroxylation is 2. The Morgan fingerprint density at radius 2 is 1.74 bits per heavy atom. The fourth-order valence-electron chi connectivity index (χ4n) is 5.40. The van der Waals surface area contributed by atoms with E-state index in [1.54, 1.807) is 22.9 Å². The summed E-state index contributed by atoms with van der Waals surface area (Å²) < 4.78 is 27.0. The van der Waals surface area contributed by atoms with E-state index < -0.39 is 10.0 Å². The summed E-state index contributed by atoms with van der Waals surface area (Å²) in [5.74, 6) is -0.267. The highest BCUT2D eigenvalue weighted by molar-refractivity contribution is 9.10. The molecule has 0 saturated heterocycles. The van der Waals surface area contributed by atoms with E-state index in [-0.39, 0.29) is 16.6 Å². The third kappa shape index (κ3) is 4.38. The maximum absolute atomic E-state index is 13.9. The van der Waals surface area contributed by atoms with Gasteiger partial charge in [0.25, 0.3) is 0 Å². The van der Waals surface area contributed by atoms with Crippen molar-refractivity contribution in [3.63, 3.8) is 0 Å². The van der Waals surface area contributed by atoms with Crippen LogP contribution in [0, 0.1) is 6.92 Å². The molecule has 6 rings (SSSR count). The number of nitrogens with zero attached hydrogens (tertiary/aromatic N) is 2. The van der Waals surface area contributed by atoms with Gasteiger partial charge in [0.05, 0.1) is 16.3 Å². The molecule has 8 heteroatoms. The number of aromatic nitrogens is 2. The van der Waals surface area contributed by atoms with Crippen LogP contribution >= 0.6 is 15.9 Å². The quantitative estimate of drug-likeness (QED) is 0.244. The maximum Gasteiger partial charge on any atom is 0.238 e. The van der Waals surface area contributed by atoms with Gasteiger partial charge >= 0.3 is 0 Å². The molecular formula is C30H24BrN3O3S. The van der Waals surface area contributed by atoms with E-state index in [0.717, 1.165) is 49.7 Å². The van der Waals surface area contributed by atoms with E-state index in [0.29, 0.717) is 17.7 Å². The lowest BCUT2D eigenvalue weighted by Gasteiger charge is -2.14. The van der Waals surface area contributed by atoms with Crippen LogP contribution < -0.4 is 5.14 Å². The first-order valence-electron chi connectivity index (χ1n) is 12.2. The number of benzene rings is 4. The van der Waals surface area contributed by atoms with E-state index in [4.69, 9.17) is 5.14 Å². The van der Waals surface area contributed by atoms with Crippen LogP contribution in [-0.4, -0.2) is 24.0 Å². The van der Waals surface area contributed by atoms with Crippen molar-refractivity contribution in [2.75, 3.05) is 0 Å². The second-order valence-corrected chi connectivity index (χ2v) is 12.1. The fraction of sp³-hybridized carbons (Fsp3) is 0.133. The van der Waals surface area contributed by atoms with Crippen molar-refractivity contribution < 1.29 is 13.2 Å². The Hall–Kier alpha value is -3.59. The summed E-state index contributed by atoms with van der Waals surface area (Å²) in [5, 5.41) is 12.3. The molecule has 0 radical (unpaired) electrons. The van der Waals surface area contributed by atoms with Crippen molar-refractivity contribution in [2.24, 2.45) is 5.14 Å². The van der Waals surface area contributed by atoms with Crippen molar-refractivity contribution in [2.45, 2.75) is 30.6 Å². The minimum Gasteiger partial charge on any atom is -0.292 e. The highest BCUT2D eigenvalue weighted by Crippen LogP contribution is 2.39. The number of hydrogen-bond donors (Lipinski definition) is 1. The van der Waals surface area contributed by atoms with Crippen LogP contribution in [0.4, 0.5) is 0 Å². The molecule has 0 amide bonds. The number of nitrogens with two attached hydrogens (primary N) is 1. The maximum atomic E-state index is 13.9. The van der Waals surface area contributed by atoms with Crippen LogP contribution in [-0.2, 0) is 16.4 Å². The Bertz CT molecular complexity index is 1860. The van der Waals surface area contributed by atoms with Crippen molar-refractivity contribution >= 4 is 42.5 Å². The lowest BCUT2D eigenvalue weighted by molar-refractivity contribution is 0.0952. The summed E-state index contributed by atoms with van der Waals surface area (Å²) >= 11 is 3.52. The third-order valence-electron chi connectivity index (χ3n) is 7.16. The van der Waals surface area contributed by atoms with Crippen LogP contribution in [0.1, 0.15) is 39.6 Å². The first-order chi connectivity index (χ1) is 18.2. The molecule has 1 aliphatic rings. The molecule has 4 aromatic carbocycles. The van der Waals surface area contributed by atoms with Gasteiger partial charge in [-0.05, 0) is 83.6 Å². The van der Waals surface area contributed by atoms with E-state index >= 15 is 0 Å². The molecule has 190 valence electrons. The largest absolute Gasteiger partial charge is 0.292 e. The second-order valence-electron chi connectivity index (χ2n) is 9.67. The van der Waals surface area contributed by atoms with Crippen LogP contribution in [0.15, 0.2) is 94.3 Å². The molecule has 2 N–H and O–H groups in total. The molecule has 38 heavy (non-hydrogen) atoms. The zero-order valence-electron chi connectivity index (χ0n) is 20.6. The molecule has 0 fully saturated rings. The first kappa shape index (κ1) is 24.7. The Labute approximate surface area is 229 Å². The van der Waals surface area contributed by atoms with Gasteiger partial charge in [0.2, 0.25) is 10.0 Å². The van der Waals surface area contributed by atoms with Crippen LogP contribution in [0.3, 0.4) is 0 Å². The number of rotatable bonds is 5. The van der Waals surface area contributed by atoms with Crippen molar-refractivity contribution in [1.29, 1.82) is 0 Å². The number of sulfonamides is 1. The van der Waals surface area contributed by atoms with Gasteiger partial charge in [-0.1, -0.05) is 64.5 Å². The Morgan fingerprint density at radius 1 is 0.974 bits per heavy atom. The Morgan fingerprint density at radius 3 is 2.55 bits per heavy atom. The summed E-state index contributed by atoms with van der Waals surface area (Å²) in [5.41, 5.74) is 5.52. The molecule has 0 aliphatic heterocycles. The molecule has 0 saturated carbocycles. The van der Waals surface area contributed by atoms with E-state index in [1.165, 1.54) is 6.07 Å². The molecule has 0 spiro atoms. The number of Topliss-reactive ketones (excluding diaryl/α,β-unsaturated/α-hetero) is 1. The zero-order valence-corrected chi connectivity index (χ0v) is 23.0. The minimum absolute atomic E-state index is 0.0259. The number of primary sulfonamides is 1. The van der Waals surface area contributed by atoms with Crippen LogP contribution in [0.5, 0.6) is 0 Å². The average molecular weight is 587 g/mol. The predicted octanol–water partition coefficient (Wildman–Crippen LogP) is 6.32. The molecular weight excluding hydrogens is 562 g/mol. The topological polar surface area (TPSA) is 95.0 Å². The highest BCUT2D eigenvalue weighted by Gasteiger charge is 2.32. The van der Waals surface area contributed by atoms with Gasteiger partial charge in [-0.3, -0.25) is 4.79 Å². The molecule has 0 bridgehead atoms. The van der Waals surface area contributed by atoms with Gasteiger partial charge in [-0.15, -0.1) is 0 Å². The summed E-state index contributed by atoms with van der Waals surface area (Å²) in [4.78, 5) is 14.0. The van der Waals surface area contributed by atoms with Crippen molar-refractivity contribution in [3.05, 3.63) is 112 Å². The first-order valence-corrected chi connectivity index (χ1v) is 14.6. The van der Waals surface area contributed by atoms with Crippen molar-refractivity contribution in [3.8, 4) is 16.8 Å². The van der Waals surface area contributed by atoms with Gasteiger partial charge < -0.3 is 0 Å². The summed E-state index contributed by atoms with van der Waals surface area (Å²) in [6.45, 7) is 1.89. The smallest absolute Gasteiger partial charge is 0.238 e. The van der Waals surface area contributed by atoms with Gasteiger partial charge in [0, 0.05) is 16.0 Å². The van der Waals surface area contributed by atoms with Gasteiger partial charge in [-0.2, -0.15) is 5.10 Å². The molecule has 1 atom stereocenters. The zero-order chi connectivity index (χ0) is 26.6. The lowest BCUT2D eigenvalue weighted by atomic mass is 9.93. The number of ketones is 1. The van der Waals surface area contributed by atoms with Gasteiger partial charge in [0.15, 0.2) is 5.78 Å². The number of carbonyl (C=O) groups is 1. The predicted molar refractivity (Wildman–Crippen MR) is 152 cm³/mol. The number of halogens is 1. The molecule has 1 aliphatic carbocycles. The summed E-state index contributed by atoms with van der Waals surface area (Å²) in [6.07, 6.45) is 1.42. The molecule has 6 nitrogen and oxygen atoms in total. The molecule has 1 unspecified atom stereocenters. The normalized spacial score (nSPS) is 15.1. The molecule has 1 aromatic heterocycles.